The van der Waals surface area contributed by atoms with Crippen molar-refractivity contribution in [3.8, 4) is 11.8 Å². The zero-order valence-electron chi connectivity index (χ0n) is 24.0. The summed E-state index contributed by atoms with van der Waals surface area (Å²) in [4.78, 5) is 17.1. The molecule has 1 aromatic rings. The summed E-state index contributed by atoms with van der Waals surface area (Å²) < 4.78 is 4.96. The van der Waals surface area contributed by atoms with Gasteiger partial charge in [-0.1, -0.05) is 79.3 Å². The first-order chi connectivity index (χ1) is 18.9. The molecule has 3 rings (SSSR count). The van der Waals surface area contributed by atoms with E-state index < -0.39 is 6.10 Å². The van der Waals surface area contributed by atoms with Gasteiger partial charge < -0.3 is 14.7 Å². The van der Waals surface area contributed by atoms with Crippen LogP contribution >= 0.6 is 0 Å². The lowest BCUT2D eigenvalue weighted by atomic mass is 9.64. The number of aliphatic hydroxyl groups is 1. The first-order valence-corrected chi connectivity index (χ1v) is 14.9. The number of allylic oxidation sites excluding steroid dienone is 3. The Balaban J connectivity index is 1.43. The quantitative estimate of drug-likeness (QED) is 0.0882. The Morgan fingerprint density at radius 2 is 1.92 bits per heavy atom. The van der Waals surface area contributed by atoms with Crippen LogP contribution in [-0.4, -0.2) is 36.1 Å². The largest absolute Gasteiger partial charge is 0.466 e. The Labute approximate surface area is 235 Å². The predicted molar refractivity (Wildman–Crippen MR) is 158 cm³/mol. The van der Waals surface area contributed by atoms with E-state index in [0.717, 1.165) is 75.5 Å². The molecule has 1 N–H and O–H groups in total. The molecule has 2 aliphatic carbocycles. The molecule has 0 spiro atoms. The number of oxime groups is 1. The van der Waals surface area contributed by atoms with Crippen molar-refractivity contribution in [3.05, 3.63) is 60.2 Å². The van der Waals surface area contributed by atoms with E-state index in [0.29, 0.717) is 19.6 Å². The van der Waals surface area contributed by atoms with E-state index in [1.807, 2.05) is 49.4 Å². The fourth-order valence-corrected chi connectivity index (χ4v) is 5.47. The summed E-state index contributed by atoms with van der Waals surface area (Å²) in [5.74, 6) is 6.52. The van der Waals surface area contributed by atoms with E-state index in [4.69, 9.17) is 9.57 Å². The van der Waals surface area contributed by atoms with Gasteiger partial charge in [0, 0.05) is 23.8 Å². The van der Waals surface area contributed by atoms with E-state index in [2.05, 4.69) is 36.1 Å². The molecule has 212 valence electrons. The van der Waals surface area contributed by atoms with Gasteiger partial charge in [-0.2, -0.15) is 0 Å². The molecule has 0 aliphatic heterocycles. The summed E-state index contributed by atoms with van der Waals surface area (Å²) in [6, 6.07) is 10.1. The smallest absolute Gasteiger partial charge is 0.305 e. The van der Waals surface area contributed by atoms with E-state index in [1.54, 1.807) is 0 Å². The number of hydrogen-bond donors (Lipinski definition) is 1. The van der Waals surface area contributed by atoms with Crippen LogP contribution in [0.2, 0.25) is 0 Å². The van der Waals surface area contributed by atoms with Crippen molar-refractivity contribution in [1.29, 1.82) is 0 Å². The minimum Gasteiger partial charge on any atom is -0.466 e. The highest BCUT2D eigenvalue weighted by atomic mass is 16.6. The lowest BCUT2D eigenvalue weighted by molar-refractivity contribution is -0.143. The number of benzene rings is 1. The molecule has 0 unspecified atom stereocenters. The number of unbranched alkanes of at least 4 members (excludes halogenated alkanes) is 2. The van der Waals surface area contributed by atoms with Gasteiger partial charge in [0.15, 0.2) is 0 Å². The van der Waals surface area contributed by atoms with Gasteiger partial charge in [0.05, 0.1) is 18.4 Å². The van der Waals surface area contributed by atoms with Crippen molar-refractivity contribution < 1.29 is 19.5 Å². The Morgan fingerprint density at radius 3 is 2.67 bits per heavy atom. The minimum atomic E-state index is -0.465. The summed E-state index contributed by atoms with van der Waals surface area (Å²) >= 11 is 0. The molecule has 0 bridgehead atoms. The van der Waals surface area contributed by atoms with E-state index in [1.165, 1.54) is 12.8 Å². The van der Waals surface area contributed by atoms with Gasteiger partial charge in [-0.3, -0.25) is 4.79 Å². The number of rotatable bonds is 14. The minimum absolute atomic E-state index is 0.124. The third kappa shape index (κ3) is 10.7. The van der Waals surface area contributed by atoms with Crippen LogP contribution in [0.5, 0.6) is 0 Å². The van der Waals surface area contributed by atoms with Crippen molar-refractivity contribution in [1.82, 2.24) is 0 Å². The molecule has 1 aromatic carbocycles. The molecule has 0 radical (unpaired) electrons. The van der Waals surface area contributed by atoms with Gasteiger partial charge in [0.1, 0.15) is 6.61 Å². The van der Waals surface area contributed by atoms with Crippen LogP contribution in [0.1, 0.15) is 103 Å². The first kappa shape index (κ1) is 30.7. The number of hydrogen-bond acceptors (Lipinski definition) is 5. The van der Waals surface area contributed by atoms with Gasteiger partial charge in [0.2, 0.25) is 0 Å². The van der Waals surface area contributed by atoms with Gasteiger partial charge >= 0.3 is 5.97 Å². The van der Waals surface area contributed by atoms with E-state index in [-0.39, 0.29) is 16.8 Å². The van der Waals surface area contributed by atoms with Crippen LogP contribution in [0, 0.1) is 22.7 Å². The normalized spacial score (nSPS) is 22.3. The second kappa shape index (κ2) is 16.3. The van der Waals surface area contributed by atoms with Crippen LogP contribution in [-0.2, 0) is 14.4 Å². The van der Waals surface area contributed by atoms with Crippen molar-refractivity contribution in [2.45, 2.75) is 103 Å². The number of carbonyl (C=O) groups excluding carboxylic acids is 1. The fourth-order valence-electron chi connectivity index (χ4n) is 5.47. The Bertz CT molecular complexity index is 1030. The molecule has 2 aliphatic rings. The monoisotopic (exact) mass is 533 g/mol. The van der Waals surface area contributed by atoms with E-state index in [9.17, 15) is 9.90 Å². The molecule has 39 heavy (non-hydrogen) atoms. The maximum atomic E-state index is 11.4. The highest BCUT2D eigenvalue weighted by Crippen LogP contribution is 2.47. The molecular weight excluding hydrogens is 486 g/mol. The van der Waals surface area contributed by atoms with Crippen LogP contribution in [0.3, 0.4) is 0 Å². The molecule has 0 amide bonds. The SMILES string of the molecule is CCOC(=O)CCCCCO/N=C1\CCCC[C@@]1(C)/C=C/C=C/[C@@H](O)CC1(CC#Cc2ccccc2)CCC1. The summed E-state index contributed by atoms with van der Waals surface area (Å²) in [7, 11) is 0. The topological polar surface area (TPSA) is 68.1 Å². The zero-order chi connectivity index (χ0) is 27.8. The molecule has 2 saturated carbocycles. The summed E-state index contributed by atoms with van der Waals surface area (Å²) in [6.45, 7) is 5.06. The number of nitrogens with zero attached hydrogens (tertiary/aromatic N) is 1. The van der Waals surface area contributed by atoms with Crippen molar-refractivity contribution in [2.75, 3.05) is 13.2 Å². The lowest BCUT2D eigenvalue weighted by Crippen LogP contribution is -2.32. The molecule has 2 atom stereocenters. The van der Waals surface area contributed by atoms with Gasteiger partial charge in [0.25, 0.3) is 0 Å². The Hall–Kier alpha value is -2.84. The van der Waals surface area contributed by atoms with Gasteiger partial charge in [-0.15, -0.1) is 0 Å². The molecule has 0 aromatic heterocycles. The van der Waals surface area contributed by atoms with Gasteiger partial charge in [-0.25, -0.2) is 0 Å². The Morgan fingerprint density at radius 1 is 1.10 bits per heavy atom. The van der Waals surface area contributed by atoms with Crippen LogP contribution in [0.15, 0.2) is 59.8 Å². The highest BCUT2D eigenvalue weighted by Gasteiger charge is 2.37. The van der Waals surface area contributed by atoms with Crippen LogP contribution in [0.25, 0.3) is 0 Å². The molecule has 5 nitrogen and oxygen atoms in total. The maximum absolute atomic E-state index is 11.4. The predicted octanol–water partition coefficient (Wildman–Crippen LogP) is 7.54. The van der Waals surface area contributed by atoms with Crippen LogP contribution < -0.4 is 0 Å². The zero-order valence-corrected chi connectivity index (χ0v) is 24.0. The number of aliphatic hydroxyl groups excluding tert-OH is 1. The fraction of sp³-hybridized carbons (Fsp3) is 0.588. The first-order valence-electron chi connectivity index (χ1n) is 14.9. The van der Waals surface area contributed by atoms with Gasteiger partial charge in [-0.05, 0) is 82.3 Å². The molecule has 0 saturated heterocycles. The second-order valence-electron chi connectivity index (χ2n) is 11.3. The average molecular weight is 534 g/mol. The molecule has 5 heteroatoms. The Kier molecular flexibility index (Phi) is 12.8. The third-order valence-electron chi connectivity index (χ3n) is 8.05. The number of esters is 1. The second-order valence-corrected chi connectivity index (χ2v) is 11.3. The highest BCUT2D eigenvalue weighted by molar-refractivity contribution is 5.91. The average Bonchev–Trinajstić information content (AvgIpc) is 2.91. The number of ether oxygens (including phenoxy) is 1. The van der Waals surface area contributed by atoms with Crippen molar-refractivity contribution in [2.24, 2.45) is 16.0 Å². The van der Waals surface area contributed by atoms with Crippen molar-refractivity contribution >= 4 is 11.7 Å². The summed E-state index contributed by atoms with van der Waals surface area (Å²) in [5.41, 5.74) is 2.16. The van der Waals surface area contributed by atoms with Crippen molar-refractivity contribution in [3.63, 3.8) is 0 Å². The van der Waals surface area contributed by atoms with Crippen LogP contribution in [0.4, 0.5) is 0 Å². The lowest BCUT2D eigenvalue weighted by Gasteiger charge is -2.41. The maximum Gasteiger partial charge on any atom is 0.305 e. The number of carbonyl (C=O) groups is 1. The standard InChI is InChI=1S/C34H47NO4/c1-3-38-32(37)21-8-5-13-27-39-35-31-20-10-12-23-33(31,2)22-11-9-19-30(36)28-34(25-15-26-34)24-14-18-29-16-6-4-7-17-29/h4,6-7,9,11,16-17,19,22,30,36H,3,5,8,10,12-13,15,20-21,23-28H2,1-2H3/b19-9+,22-11+,35-31+/t30-,33-/m1/s1. The summed E-state index contributed by atoms with van der Waals surface area (Å²) in [6.07, 6.45) is 20.2. The summed E-state index contributed by atoms with van der Waals surface area (Å²) in [5, 5.41) is 15.3. The molecular formula is C34H47NO4. The molecule has 2 fully saturated rings. The van der Waals surface area contributed by atoms with E-state index >= 15 is 0 Å². The molecule has 0 heterocycles. The third-order valence-corrected chi connectivity index (χ3v) is 8.05.